The lowest BCUT2D eigenvalue weighted by molar-refractivity contribution is -0.156. The Morgan fingerprint density at radius 1 is 1.38 bits per heavy atom. The average Bonchev–Trinajstić information content (AvgIpc) is 3.20. The fourth-order valence-electron chi connectivity index (χ4n) is 3.40. The highest BCUT2D eigenvalue weighted by molar-refractivity contribution is 7.91. The molecule has 3 rings (SSSR count). The average molecular weight is 456 g/mol. The number of carbonyl (C=O) groups excluding carboxylic acids is 2. The number of sulfone groups is 1. The van der Waals surface area contributed by atoms with Gasteiger partial charge in [0.2, 0.25) is 0 Å². The molecule has 2 aromatic rings. The maximum atomic E-state index is 12.7. The molecule has 1 aliphatic rings. The van der Waals surface area contributed by atoms with Crippen LogP contribution in [-0.4, -0.2) is 55.4 Å². The summed E-state index contributed by atoms with van der Waals surface area (Å²) in [5.74, 6) is -1.02. The van der Waals surface area contributed by atoms with Crippen molar-refractivity contribution in [3.63, 3.8) is 0 Å². The molecule has 2 heterocycles. The summed E-state index contributed by atoms with van der Waals surface area (Å²) in [4.78, 5) is 27.1. The Labute approximate surface area is 179 Å². The number of halogens is 1. The normalized spacial score (nSPS) is 19.5. The summed E-state index contributed by atoms with van der Waals surface area (Å²) in [6.07, 6.45) is 2.23. The second-order valence-electron chi connectivity index (χ2n) is 6.87. The molecule has 156 valence electrons. The number of carbonyl (C=O) groups is 2. The zero-order valence-corrected chi connectivity index (χ0v) is 18.5. The van der Waals surface area contributed by atoms with Crippen molar-refractivity contribution in [3.8, 4) is 0 Å². The van der Waals surface area contributed by atoms with Gasteiger partial charge in [-0.05, 0) is 32.4 Å². The van der Waals surface area contributed by atoms with Crippen molar-refractivity contribution in [1.29, 1.82) is 0 Å². The highest BCUT2D eigenvalue weighted by Gasteiger charge is 2.36. The summed E-state index contributed by atoms with van der Waals surface area (Å²) in [5.41, 5.74) is 0. The maximum absolute atomic E-state index is 12.7. The van der Waals surface area contributed by atoms with Gasteiger partial charge in [-0.3, -0.25) is 4.79 Å². The van der Waals surface area contributed by atoms with Crippen molar-refractivity contribution >= 4 is 60.8 Å². The number of esters is 1. The van der Waals surface area contributed by atoms with E-state index in [1.807, 2.05) is 24.3 Å². The van der Waals surface area contributed by atoms with Crippen LogP contribution in [0.1, 0.15) is 25.1 Å². The van der Waals surface area contributed by atoms with Gasteiger partial charge < -0.3 is 9.64 Å². The van der Waals surface area contributed by atoms with E-state index in [2.05, 4.69) is 0 Å². The Balaban J connectivity index is 1.63. The Kier molecular flexibility index (Phi) is 6.65. The Bertz CT molecular complexity index is 1060. The SMILES string of the molecule is CCN(C(=O)C(C)OC(=O)/C=C/c1sc2ccccc2c1Cl)C1CCS(=O)(=O)C1. The van der Waals surface area contributed by atoms with Crippen LogP contribution in [0.5, 0.6) is 0 Å². The zero-order valence-electron chi connectivity index (χ0n) is 16.1. The van der Waals surface area contributed by atoms with Gasteiger partial charge in [0.25, 0.3) is 5.91 Å². The van der Waals surface area contributed by atoms with Crippen molar-refractivity contribution in [2.45, 2.75) is 32.4 Å². The standard InChI is InChI=1S/C20H22ClNO5S2/c1-3-22(14-10-11-29(25,26)12-14)20(24)13(2)27-18(23)9-8-17-19(21)15-6-4-5-7-16(15)28-17/h4-9,13-14H,3,10-12H2,1-2H3/b9-8+. The minimum atomic E-state index is -3.11. The first-order valence-corrected chi connectivity index (χ1v) is 12.3. The Morgan fingerprint density at radius 2 is 2.10 bits per heavy atom. The molecular formula is C20H22ClNO5S2. The van der Waals surface area contributed by atoms with Crippen LogP contribution in [-0.2, 0) is 24.2 Å². The molecule has 29 heavy (non-hydrogen) atoms. The lowest BCUT2D eigenvalue weighted by Gasteiger charge is -2.29. The molecule has 0 bridgehead atoms. The number of rotatable bonds is 6. The number of nitrogens with zero attached hydrogens (tertiary/aromatic N) is 1. The summed E-state index contributed by atoms with van der Waals surface area (Å²) in [6, 6.07) is 7.30. The largest absolute Gasteiger partial charge is 0.449 e. The Hall–Kier alpha value is -1.90. The van der Waals surface area contributed by atoms with Crippen LogP contribution in [0.25, 0.3) is 16.2 Å². The van der Waals surface area contributed by atoms with E-state index in [1.54, 1.807) is 13.0 Å². The third-order valence-electron chi connectivity index (χ3n) is 4.84. The highest BCUT2D eigenvalue weighted by Crippen LogP contribution is 2.35. The van der Waals surface area contributed by atoms with E-state index in [0.29, 0.717) is 18.0 Å². The van der Waals surface area contributed by atoms with E-state index in [9.17, 15) is 18.0 Å². The van der Waals surface area contributed by atoms with E-state index in [0.717, 1.165) is 15.0 Å². The quantitative estimate of drug-likeness (QED) is 0.491. The summed E-state index contributed by atoms with van der Waals surface area (Å²) >= 11 is 7.81. The van der Waals surface area contributed by atoms with Gasteiger partial charge in [-0.15, -0.1) is 11.3 Å². The number of thiophene rings is 1. The first-order chi connectivity index (χ1) is 13.7. The lowest BCUT2D eigenvalue weighted by atomic mass is 10.2. The molecule has 2 atom stereocenters. The van der Waals surface area contributed by atoms with Crippen LogP contribution >= 0.6 is 22.9 Å². The first kappa shape index (κ1) is 21.8. The van der Waals surface area contributed by atoms with E-state index in [-0.39, 0.29) is 17.5 Å². The summed E-state index contributed by atoms with van der Waals surface area (Å²) < 4.78 is 29.7. The molecule has 2 unspecified atom stereocenters. The van der Waals surface area contributed by atoms with Gasteiger partial charge >= 0.3 is 5.97 Å². The van der Waals surface area contributed by atoms with Crippen molar-refractivity contribution < 1.29 is 22.7 Å². The third kappa shape index (κ3) is 4.99. The number of amides is 1. The molecule has 0 aliphatic carbocycles. The van der Waals surface area contributed by atoms with E-state index in [4.69, 9.17) is 16.3 Å². The van der Waals surface area contributed by atoms with Gasteiger partial charge in [-0.1, -0.05) is 29.8 Å². The van der Waals surface area contributed by atoms with E-state index < -0.39 is 27.8 Å². The van der Waals surface area contributed by atoms with Crippen LogP contribution in [0.15, 0.2) is 30.3 Å². The summed E-state index contributed by atoms with van der Waals surface area (Å²) in [7, 11) is -3.11. The van der Waals surface area contributed by atoms with Crippen molar-refractivity contribution in [3.05, 3.63) is 40.2 Å². The van der Waals surface area contributed by atoms with Crippen LogP contribution in [0, 0.1) is 0 Å². The molecule has 1 amide bonds. The fraction of sp³-hybridized carbons (Fsp3) is 0.400. The summed E-state index contributed by atoms with van der Waals surface area (Å²) in [5, 5.41) is 1.49. The molecule has 0 N–H and O–H groups in total. The molecule has 0 spiro atoms. The number of likely N-dealkylation sites (N-methyl/N-ethyl adjacent to an activating group) is 1. The van der Waals surface area contributed by atoms with Gasteiger partial charge in [0, 0.05) is 33.6 Å². The smallest absolute Gasteiger partial charge is 0.331 e. The molecule has 1 aliphatic heterocycles. The molecular weight excluding hydrogens is 434 g/mol. The first-order valence-electron chi connectivity index (χ1n) is 9.28. The molecule has 1 aromatic carbocycles. The fourth-order valence-corrected chi connectivity index (χ4v) is 6.53. The number of hydrogen-bond acceptors (Lipinski definition) is 6. The minimum Gasteiger partial charge on any atom is -0.449 e. The van der Waals surface area contributed by atoms with Crippen LogP contribution < -0.4 is 0 Å². The van der Waals surface area contributed by atoms with Crippen LogP contribution in [0.3, 0.4) is 0 Å². The van der Waals surface area contributed by atoms with Crippen molar-refractivity contribution in [2.75, 3.05) is 18.1 Å². The topological polar surface area (TPSA) is 80.8 Å². The maximum Gasteiger partial charge on any atom is 0.331 e. The molecule has 6 nitrogen and oxygen atoms in total. The molecule has 1 fully saturated rings. The number of hydrogen-bond donors (Lipinski definition) is 0. The monoisotopic (exact) mass is 455 g/mol. The molecule has 9 heteroatoms. The zero-order chi connectivity index (χ0) is 21.2. The highest BCUT2D eigenvalue weighted by atomic mass is 35.5. The van der Waals surface area contributed by atoms with E-state index in [1.165, 1.54) is 29.2 Å². The second-order valence-corrected chi connectivity index (χ2v) is 10.6. The van der Waals surface area contributed by atoms with Crippen LogP contribution in [0.2, 0.25) is 5.02 Å². The number of fused-ring (bicyclic) bond motifs is 1. The number of ether oxygens (including phenoxy) is 1. The summed E-state index contributed by atoms with van der Waals surface area (Å²) in [6.45, 7) is 3.63. The van der Waals surface area contributed by atoms with Gasteiger partial charge in [-0.2, -0.15) is 0 Å². The molecule has 0 saturated carbocycles. The van der Waals surface area contributed by atoms with Gasteiger partial charge in [0.15, 0.2) is 15.9 Å². The lowest BCUT2D eigenvalue weighted by Crippen LogP contribution is -2.46. The van der Waals surface area contributed by atoms with Crippen LogP contribution in [0.4, 0.5) is 0 Å². The van der Waals surface area contributed by atoms with Gasteiger partial charge in [-0.25, -0.2) is 13.2 Å². The third-order valence-corrected chi connectivity index (χ3v) is 8.25. The Morgan fingerprint density at radius 3 is 2.72 bits per heavy atom. The van der Waals surface area contributed by atoms with Crippen molar-refractivity contribution in [1.82, 2.24) is 4.90 Å². The van der Waals surface area contributed by atoms with Gasteiger partial charge in [0.05, 0.1) is 16.5 Å². The molecule has 1 saturated heterocycles. The predicted octanol–water partition coefficient (Wildman–Crippen LogP) is 3.54. The van der Waals surface area contributed by atoms with Crippen molar-refractivity contribution in [2.24, 2.45) is 0 Å². The van der Waals surface area contributed by atoms with E-state index >= 15 is 0 Å². The minimum absolute atomic E-state index is 0.0441. The number of benzene rings is 1. The second kappa shape index (κ2) is 8.85. The molecule has 0 radical (unpaired) electrons. The van der Waals surface area contributed by atoms with Gasteiger partial charge in [0.1, 0.15) is 0 Å². The predicted molar refractivity (Wildman–Crippen MR) is 116 cm³/mol. The molecule has 1 aromatic heterocycles.